The molecular formula is C9H16N2O. The van der Waals surface area contributed by atoms with Gasteiger partial charge in [0.2, 0.25) is 0 Å². The molecule has 1 aliphatic rings. The average molecular weight is 168 g/mol. The molecule has 0 N–H and O–H groups in total. The maximum Gasteiger partial charge on any atom is 0.0638 e. The Labute approximate surface area is 73.9 Å². The lowest BCUT2D eigenvalue weighted by Gasteiger charge is -2.36. The molecule has 12 heavy (non-hydrogen) atoms. The fourth-order valence-electron chi connectivity index (χ4n) is 1.64. The summed E-state index contributed by atoms with van der Waals surface area (Å²) in [5.41, 5.74) is 0. The number of morpholine rings is 1. The quantitative estimate of drug-likeness (QED) is 0.617. The van der Waals surface area contributed by atoms with Crippen LogP contribution in [0.2, 0.25) is 0 Å². The Morgan fingerprint density at radius 2 is 2.50 bits per heavy atom. The zero-order chi connectivity index (χ0) is 8.97. The minimum absolute atomic E-state index is 0.369. The molecular weight excluding hydrogens is 152 g/mol. The van der Waals surface area contributed by atoms with E-state index in [2.05, 4.69) is 24.8 Å². The first-order chi connectivity index (χ1) is 5.75. The van der Waals surface area contributed by atoms with E-state index in [4.69, 9.17) is 10.00 Å². The van der Waals surface area contributed by atoms with Crippen LogP contribution in [-0.2, 0) is 4.74 Å². The summed E-state index contributed by atoms with van der Waals surface area (Å²) in [5, 5.41) is 8.55. The third-order valence-electron chi connectivity index (χ3n) is 2.37. The highest BCUT2D eigenvalue weighted by Gasteiger charge is 2.22. The predicted molar refractivity (Wildman–Crippen MR) is 46.7 cm³/mol. The second-order valence-corrected chi connectivity index (χ2v) is 3.37. The highest BCUT2D eigenvalue weighted by atomic mass is 16.5. The summed E-state index contributed by atoms with van der Waals surface area (Å²) in [4.78, 5) is 2.34. The number of nitriles is 1. The van der Waals surface area contributed by atoms with Gasteiger partial charge < -0.3 is 4.74 Å². The summed E-state index contributed by atoms with van der Waals surface area (Å²) in [6, 6.07) is 3.03. The number of hydrogen-bond donors (Lipinski definition) is 0. The van der Waals surface area contributed by atoms with E-state index in [9.17, 15) is 0 Å². The largest absolute Gasteiger partial charge is 0.379 e. The van der Waals surface area contributed by atoms with Gasteiger partial charge in [0.1, 0.15) is 0 Å². The number of ether oxygens (including phenoxy) is 1. The minimum Gasteiger partial charge on any atom is -0.379 e. The van der Waals surface area contributed by atoms with Gasteiger partial charge in [-0.05, 0) is 13.8 Å². The van der Waals surface area contributed by atoms with Gasteiger partial charge >= 0.3 is 0 Å². The molecule has 1 fully saturated rings. The molecule has 0 saturated carbocycles. The summed E-state index contributed by atoms with van der Waals surface area (Å²) in [7, 11) is 0. The van der Waals surface area contributed by atoms with Crippen molar-refractivity contribution in [2.24, 2.45) is 0 Å². The highest BCUT2D eigenvalue weighted by molar-refractivity contribution is 4.83. The zero-order valence-electron chi connectivity index (χ0n) is 7.79. The summed E-state index contributed by atoms with van der Waals surface area (Å²) in [5.74, 6) is 0. The summed E-state index contributed by atoms with van der Waals surface area (Å²) >= 11 is 0. The minimum atomic E-state index is 0.369. The molecule has 1 rings (SSSR count). The van der Waals surface area contributed by atoms with E-state index in [1.54, 1.807) is 0 Å². The van der Waals surface area contributed by atoms with Crippen molar-refractivity contribution in [3.05, 3.63) is 0 Å². The van der Waals surface area contributed by atoms with Crippen molar-refractivity contribution in [3.63, 3.8) is 0 Å². The van der Waals surface area contributed by atoms with Gasteiger partial charge in [-0.15, -0.1) is 0 Å². The average Bonchev–Trinajstić information content (AvgIpc) is 2.05. The van der Waals surface area contributed by atoms with Crippen molar-refractivity contribution in [2.75, 3.05) is 19.8 Å². The van der Waals surface area contributed by atoms with Gasteiger partial charge in [0, 0.05) is 18.6 Å². The molecule has 0 bridgehead atoms. The summed E-state index contributed by atoms with van der Waals surface area (Å²) in [6.07, 6.45) is 0.615. The maximum absolute atomic E-state index is 8.55. The van der Waals surface area contributed by atoms with Crippen molar-refractivity contribution in [1.29, 1.82) is 5.26 Å². The molecule has 0 aliphatic carbocycles. The van der Waals surface area contributed by atoms with Gasteiger partial charge in [0.25, 0.3) is 0 Å². The van der Waals surface area contributed by atoms with E-state index in [1.165, 1.54) is 0 Å². The first-order valence-electron chi connectivity index (χ1n) is 4.46. The van der Waals surface area contributed by atoms with Crippen LogP contribution in [0.1, 0.15) is 20.3 Å². The number of rotatable bonds is 2. The summed E-state index contributed by atoms with van der Waals surface area (Å²) in [6.45, 7) is 6.82. The van der Waals surface area contributed by atoms with Crippen LogP contribution in [0, 0.1) is 11.3 Å². The van der Waals surface area contributed by atoms with Crippen molar-refractivity contribution < 1.29 is 4.74 Å². The molecule has 0 spiro atoms. The van der Waals surface area contributed by atoms with E-state index in [1.807, 2.05) is 0 Å². The molecule has 2 unspecified atom stereocenters. The fourth-order valence-corrected chi connectivity index (χ4v) is 1.64. The third kappa shape index (κ3) is 2.20. The van der Waals surface area contributed by atoms with Gasteiger partial charge in [-0.2, -0.15) is 5.26 Å². The molecule has 3 heteroatoms. The van der Waals surface area contributed by atoms with Crippen LogP contribution in [0.3, 0.4) is 0 Å². The molecule has 0 radical (unpaired) electrons. The molecule has 3 nitrogen and oxygen atoms in total. The molecule has 1 saturated heterocycles. The van der Waals surface area contributed by atoms with Gasteiger partial charge in [0.15, 0.2) is 0 Å². The normalized spacial score (nSPS) is 27.9. The van der Waals surface area contributed by atoms with Crippen LogP contribution < -0.4 is 0 Å². The van der Waals surface area contributed by atoms with Crippen LogP contribution in [0.5, 0.6) is 0 Å². The molecule has 0 aromatic rings. The van der Waals surface area contributed by atoms with E-state index in [-0.39, 0.29) is 0 Å². The molecule has 1 aliphatic heterocycles. The number of hydrogen-bond acceptors (Lipinski definition) is 3. The van der Waals surface area contributed by atoms with Gasteiger partial charge in [-0.3, -0.25) is 4.90 Å². The van der Waals surface area contributed by atoms with E-state index in [0.717, 1.165) is 19.8 Å². The monoisotopic (exact) mass is 168 g/mol. The zero-order valence-corrected chi connectivity index (χ0v) is 7.79. The maximum atomic E-state index is 8.55. The van der Waals surface area contributed by atoms with Crippen molar-refractivity contribution in [1.82, 2.24) is 4.90 Å². The first kappa shape index (κ1) is 9.50. The SMILES string of the molecule is CC(CC#N)N1CCOCC1C. The molecule has 0 amide bonds. The van der Waals surface area contributed by atoms with Crippen molar-refractivity contribution in [3.8, 4) is 6.07 Å². The highest BCUT2D eigenvalue weighted by Crippen LogP contribution is 2.12. The first-order valence-corrected chi connectivity index (χ1v) is 4.46. The molecule has 2 atom stereocenters. The van der Waals surface area contributed by atoms with Gasteiger partial charge in [0.05, 0.1) is 25.7 Å². The Bertz CT molecular complexity index is 176. The molecule has 68 valence electrons. The number of nitrogens with zero attached hydrogens (tertiary/aromatic N) is 2. The van der Waals surface area contributed by atoms with E-state index >= 15 is 0 Å². The Hall–Kier alpha value is -0.590. The fraction of sp³-hybridized carbons (Fsp3) is 0.889. The Morgan fingerprint density at radius 1 is 1.75 bits per heavy atom. The van der Waals surface area contributed by atoms with Crippen molar-refractivity contribution >= 4 is 0 Å². The van der Waals surface area contributed by atoms with Crippen LogP contribution in [0.25, 0.3) is 0 Å². The molecule has 0 aromatic heterocycles. The van der Waals surface area contributed by atoms with E-state index in [0.29, 0.717) is 18.5 Å². The second-order valence-electron chi connectivity index (χ2n) is 3.37. The van der Waals surface area contributed by atoms with E-state index < -0.39 is 0 Å². The lowest BCUT2D eigenvalue weighted by atomic mass is 10.1. The smallest absolute Gasteiger partial charge is 0.0638 e. The van der Waals surface area contributed by atoms with Crippen molar-refractivity contribution in [2.45, 2.75) is 32.4 Å². The van der Waals surface area contributed by atoms with Gasteiger partial charge in [-0.25, -0.2) is 0 Å². The van der Waals surface area contributed by atoms with Crippen LogP contribution in [0.15, 0.2) is 0 Å². The lowest BCUT2D eigenvalue weighted by Crippen LogP contribution is -2.48. The third-order valence-corrected chi connectivity index (χ3v) is 2.37. The van der Waals surface area contributed by atoms with Gasteiger partial charge in [-0.1, -0.05) is 0 Å². The Balaban J connectivity index is 2.43. The molecule has 0 aromatic carbocycles. The second kappa shape index (κ2) is 4.44. The lowest BCUT2D eigenvalue weighted by molar-refractivity contribution is -0.0175. The van der Waals surface area contributed by atoms with Crippen LogP contribution in [-0.4, -0.2) is 36.7 Å². The Morgan fingerprint density at radius 3 is 3.08 bits per heavy atom. The topological polar surface area (TPSA) is 36.3 Å². The summed E-state index contributed by atoms with van der Waals surface area (Å²) < 4.78 is 5.32. The van der Waals surface area contributed by atoms with Crippen LogP contribution >= 0.6 is 0 Å². The Kier molecular flexibility index (Phi) is 3.51. The standard InChI is InChI=1S/C9H16N2O/c1-8(3-4-10)11-5-6-12-7-9(11)2/h8-9H,3,5-7H2,1-2H3. The predicted octanol–water partition coefficient (Wildman–Crippen LogP) is 1.01. The molecule has 1 heterocycles. The van der Waals surface area contributed by atoms with Crippen LogP contribution in [0.4, 0.5) is 0 Å².